The molecule has 0 atom stereocenters. The van der Waals surface area contributed by atoms with E-state index in [-0.39, 0.29) is 11.7 Å². The van der Waals surface area contributed by atoms with Crippen molar-refractivity contribution >= 4 is 23.5 Å². The van der Waals surface area contributed by atoms with E-state index >= 15 is 0 Å². The SMILES string of the molecule is CCn1cc(C=CC(=O)Nc2cccc(C(C)=O)c2)cn1. The van der Waals surface area contributed by atoms with Crippen LogP contribution in [0.2, 0.25) is 0 Å². The van der Waals surface area contributed by atoms with Gasteiger partial charge < -0.3 is 5.32 Å². The largest absolute Gasteiger partial charge is 0.322 e. The third-order valence-corrected chi connectivity index (χ3v) is 2.94. The van der Waals surface area contributed by atoms with Gasteiger partial charge in [0.05, 0.1) is 6.20 Å². The summed E-state index contributed by atoms with van der Waals surface area (Å²) in [7, 11) is 0. The highest BCUT2D eigenvalue weighted by Gasteiger charge is 2.02. The van der Waals surface area contributed by atoms with Crippen LogP contribution in [-0.4, -0.2) is 21.5 Å². The first-order chi connectivity index (χ1) is 10.1. The third kappa shape index (κ3) is 4.14. The number of nitrogens with zero attached hydrogens (tertiary/aromatic N) is 2. The second kappa shape index (κ2) is 6.65. The van der Waals surface area contributed by atoms with E-state index in [0.717, 1.165) is 12.1 Å². The number of aryl methyl sites for hydroxylation is 1. The molecule has 1 heterocycles. The average Bonchev–Trinajstić information content (AvgIpc) is 2.93. The van der Waals surface area contributed by atoms with E-state index in [0.29, 0.717) is 11.3 Å². The van der Waals surface area contributed by atoms with E-state index in [9.17, 15) is 9.59 Å². The maximum atomic E-state index is 11.8. The topological polar surface area (TPSA) is 64.0 Å². The molecule has 0 aliphatic rings. The molecule has 0 spiro atoms. The molecule has 5 nitrogen and oxygen atoms in total. The monoisotopic (exact) mass is 283 g/mol. The van der Waals surface area contributed by atoms with Crippen LogP contribution in [0.3, 0.4) is 0 Å². The summed E-state index contributed by atoms with van der Waals surface area (Å²) in [6, 6.07) is 6.85. The number of benzene rings is 1. The highest BCUT2D eigenvalue weighted by Crippen LogP contribution is 2.11. The zero-order valence-electron chi connectivity index (χ0n) is 12.0. The summed E-state index contributed by atoms with van der Waals surface area (Å²) in [6.07, 6.45) is 6.70. The number of anilines is 1. The molecule has 0 radical (unpaired) electrons. The van der Waals surface area contributed by atoms with Gasteiger partial charge in [-0.05, 0) is 32.1 Å². The molecule has 0 saturated heterocycles. The Morgan fingerprint density at radius 1 is 1.38 bits per heavy atom. The highest BCUT2D eigenvalue weighted by atomic mass is 16.1. The summed E-state index contributed by atoms with van der Waals surface area (Å²) in [4.78, 5) is 23.1. The number of aromatic nitrogens is 2. The van der Waals surface area contributed by atoms with E-state index in [1.54, 1.807) is 41.2 Å². The zero-order chi connectivity index (χ0) is 15.2. The van der Waals surface area contributed by atoms with Crippen LogP contribution in [-0.2, 0) is 11.3 Å². The lowest BCUT2D eigenvalue weighted by Crippen LogP contribution is -2.08. The molecule has 0 unspecified atom stereocenters. The molecule has 2 aromatic rings. The van der Waals surface area contributed by atoms with Gasteiger partial charge in [-0.3, -0.25) is 14.3 Å². The molecular formula is C16H17N3O2. The Morgan fingerprint density at radius 3 is 2.86 bits per heavy atom. The van der Waals surface area contributed by atoms with Gasteiger partial charge in [0, 0.05) is 35.6 Å². The minimum Gasteiger partial charge on any atom is -0.322 e. The van der Waals surface area contributed by atoms with Crippen LogP contribution in [0, 0.1) is 0 Å². The fraction of sp³-hybridized carbons (Fsp3) is 0.188. The molecule has 0 bridgehead atoms. The van der Waals surface area contributed by atoms with Gasteiger partial charge in [0.2, 0.25) is 5.91 Å². The van der Waals surface area contributed by atoms with Gasteiger partial charge in [-0.25, -0.2) is 0 Å². The lowest BCUT2D eigenvalue weighted by molar-refractivity contribution is -0.111. The fourth-order valence-electron chi connectivity index (χ4n) is 1.81. The van der Waals surface area contributed by atoms with Crippen molar-refractivity contribution in [2.45, 2.75) is 20.4 Å². The smallest absolute Gasteiger partial charge is 0.248 e. The first kappa shape index (κ1) is 14.7. The van der Waals surface area contributed by atoms with Gasteiger partial charge in [0.25, 0.3) is 0 Å². The van der Waals surface area contributed by atoms with Gasteiger partial charge in [0.15, 0.2) is 5.78 Å². The van der Waals surface area contributed by atoms with Crippen molar-refractivity contribution in [1.29, 1.82) is 0 Å². The molecule has 1 amide bonds. The molecule has 1 aromatic heterocycles. The van der Waals surface area contributed by atoms with Crippen LogP contribution < -0.4 is 5.32 Å². The molecule has 21 heavy (non-hydrogen) atoms. The number of ketones is 1. The van der Waals surface area contributed by atoms with E-state index in [1.165, 1.54) is 13.0 Å². The molecule has 1 N–H and O–H groups in total. The highest BCUT2D eigenvalue weighted by molar-refractivity contribution is 6.03. The van der Waals surface area contributed by atoms with E-state index in [2.05, 4.69) is 10.4 Å². The summed E-state index contributed by atoms with van der Waals surface area (Å²) in [5.41, 5.74) is 2.03. The third-order valence-electron chi connectivity index (χ3n) is 2.94. The summed E-state index contributed by atoms with van der Waals surface area (Å²) in [5, 5.41) is 6.85. The first-order valence-electron chi connectivity index (χ1n) is 6.71. The molecule has 2 rings (SSSR count). The van der Waals surface area contributed by atoms with Crippen molar-refractivity contribution in [3.63, 3.8) is 0 Å². The number of hydrogen-bond donors (Lipinski definition) is 1. The van der Waals surface area contributed by atoms with Crippen LogP contribution in [0.1, 0.15) is 29.8 Å². The Hall–Kier alpha value is -2.69. The van der Waals surface area contributed by atoms with Gasteiger partial charge in [-0.15, -0.1) is 0 Å². The molecular weight excluding hydrogens is 266 g/mol. The quantitative estimate of drug-likeness (QED) is 0.678. The normalized spacial score (nSPS) is 10.8. The van der Waals surface area contributed by atoms with Crippen molar-refractivity contribution in [3.8, 4) is 0 Å². The van der Waals surface area contributed by atoms with Gasteiger partial charge in [-0.1, -0.05) is 12.1 Å². The van der Waals surface area contributed by atoms with Gasteiger partial charge in [-0.2, -0.15) is 5.10 Å². The molecule has 0 fully saturated rings. The lowest BCUT2D eigenvalue weighted by atomic mass is 10.1. The maximum absolute atomic E-state index is 11.8. The number of Topliss-reactive ketones (excluding diaryl/α,β-unsaturated/α-hetero) is 1. The molecule has 1 aromatic carbocycles. The Morgan fingerprint density at radius 2 is 2.19 bits per heavy atom. The Bertz CT molecular complexity index is 686. The van der Waals surface area contributed by atoms with E-state index < -0.39 is 0 Å². The van der Waals surface area contributed by atoms with Crippen molar-refractivity contribution in [2.75, 3.05) is 5.32 Å². The van der Waals surface area contributed by atoms with E-state index in [4.69, 9.17) is 0 Å². The minimum absolute atomic E-state index is 0.0337. The van der Waals surface area contributed by atoms with Crippen LogP contribution in [0.15, 0.2) is 42.7 Å². The standard InChI is InChI=1S/C16H17N3O2/c1-3-19-11-13(10-17-19)7-8-16(21)18-15-6-4-5-14(9-15)12(2)20/h4-11H,3H2,1-2H3,(H,18,21). The second-order valence-corrected chi connectivity index (χ2v) is 4.59. The Kier molecular flexibility index (Phi) is 4.66. The minimum atomic E-state index is -0.250. The molecule has 108 valence electrons. The molecule has 5 heteroatoms. The number of carbonyl (C=O) groups is 2. The predicted octanol–water partition coefficient (Wildman–Crippen LogP) is 2.76. The zero-order valence-corrected chi connectivity index (χ0v) is 12.0. The van der Waals surface area contributed by atoms with Gasteiger partial charge >= 0.3 is 0 Å². The van der Waals surface area contributed by atoms with Crippen LogP contribution >= 0.6 is 0 Å². The number of amides is 1. The Balaban J connectivity index is 2.01. The van der Waals surface area contributed by atoms with E-state index in [1.807, 2.05) is 13.1 Å². The van der Waals surface area contributed by atoms with Gasteiger partial charge in [0.1, 0.15) is 0 Å². The maximum Gasteiger partial charge on any atom is 0.248 e. The molecule has 0 aliphatic carbocycles. The number of hydrogen-bond acceptors (Lipinski definition) is 3. The van der Waals surface area contributed by atoms with Crippen molar-refractivity contribution in [2.24, 2.45) is 0 Å². The fourth-order valence-corrected chi connectivity index (χ4v) is 1.81. The predicted molar refractivity (Wildman–Crippen MR) is 82.0 cm³/mol. The Labute approximate surface area is 123 Å². The van der Waals surface area contributed by atoms with Crippen LogP contribution in [0.4, 0.5) is 5.69 Å². The van der Waals surface area contributed by atoms with Crippen LogP contribution in [0.25, 0.3) is 6.08 Å². The lowest BCUT2D eigenvalue weighted by Gasteiger charge is -2.03. The average molecular weight is 283 g/mol. The second-order valence-electron chi connectivity index (χ2n) is 4.59. The summed E-state index contributed by atoms with van der Waals surface area (Å²) < 4.78 is 1.79. The summed E-state index contributed by atoms with van der Waals surface area (Å²) in [5.74, 6) is -0.284. The number of carbonyl (C=O) groups excluding carboxylic acids is 2. The number of nitrogens with one attached hydrogen (secondary N) is 1. The van der Waals surface area contributed by atoms with Crippen molar-refractivity contribution in [3.05, 3.63) is 53.9 Å². The first-order valence-corrected chi connectivity index (χ1v) is 6.71. The molecule has 0 aliphatic heterocycles. The number of rotatable bonds is 5. The molecule has 0 saturated carbocycles. The summed E-state index contributed by atoms with van der Waals surface area (Å²) >= 11 is 0. The van der Waals surface area contributed by atoms with Crippen LogP contribution in [0.5, 0.6) is 0 Å². The van der Waals surface area contributed by atoms with Crippen molar-refractivity contribution in [1.82, 2.24) is 9.78 Å². The van der Waals surface area contributed by atoms with Crippen molar-refractivity contribution < 1.29 is 9.59 Å². The summed E-state index contributed by atoms with van der Waals surface area (Å²) in [6.45, 7) is 4.28.